The van der Waals surface area contributed by atoms with Crippen molar-refractivity contribution >= 4 is 60.0 Å². The second-order valence-electron chi connectivity index (χ2n) is 8.98. The number of ether oxygens (including phenoxy) is 1. The zero-order valence-electron chi connectivity index (χ0n) is 21.6. The van der Waals surface area contributed by atoms with Crippen molar-refractivity contribution in [2.75, 3.05) is 23.9 Å². The number of alkyl halides is 3. The van der Waals surface area contributed by atoms with Crippen LogP contribution >= 0.6 is 15.9 Å². The van der Waals surface area contributed by atoms with Gasteiger partial charge in [-0.25, -0.2) is 17.2 Å². The highest BCUT2D eigenvalue weighted by atomic mass is 79.9. The fourth-order valence-corrected chi connectivity index (χ4v) is 5.82. The van der Waals surface area contributed by atoms with Crippen molar-refractivity contribution in [3.63, 3.8) is 0 Å². The standard InChI is InChI=1S/C26H20BrF5N4O5S/c1-13(12-41-2)36(25(38)26(30,31)32)22-7-14(27)3-5-19(22)24(37)33-23-20-11-17(4-6-21(20)34-35-23)42(39,40)18-9-15(28)8-16(29)10-18/h3-11,13H,12H2,1-2H3,(H2,33,34,35,37)/t13-/m1/s1. The number of anilines is 2. The first-order valence-electron chi connectivity index (χ1n) is 11.8. The van der Waals surface area contributed by atoms with Crippen LogP contribution in [0.5, 0.6) is 0 Å². The van der Waals surface area contributed by atoms with Gasteiger partial charge in [0, 0.05) is 23.0 Å². The first kappa shape index (κ1) is 31.1. The predicted octanol–water partition coefficient (Wildman–Crippen LogP) is 5.62. The number of carbonyl (C=O) groups excluding carboxylic acids is 2. The number of rotatable bonds is 8. The summed E-state index contributed by atoms with van der Waals surface area (Å²) in [5.41, 5.74) is -0.466. The zero-order valence-corrected chi connectivity index (χ0v) is 24.0. The smallest absolute Gasteiger partial charge is 0.383 e. The number of hydrogen-bond donors (Lipinski definition) is 2. The third kappa shape index (κ3) is 6.29. The van der Waals surface area contributed by atoms with E-state index < -0.39 is 50.4 Å². The summed E-state index contributed by atoms with van der Waals surface area (Å²) >= 11 is 3.15. The van der Waals surface area contributed by atoms with Crippen molar-refractivity contribution in [1.82, 2.24) is 10.2 Å². The summed E-state index contributed by atoms with van der Waals surface area (Å²) in [5, 5.41) is 9.02. The normalized spacial score (nSPS) is 12.8. The van der Waals surface area contributed by atoms with Crippen molar-refractivity contribution in [2.24, 2.45) is 0 Å². The monoisotopic (exact) mass is 674 g/mol. The molecule has 222 valence electrons. The van der Waals surface area contributed by atoms with Crippen LogP contribution in [0.25, 0.3) is 10.9 Å². The molecule has 0 unspecified atom stereocenters. The number of aromatic nitrogens is 2. The molecule has 4 aromatic rings. The van der Waals surface area contributed by atoms with Crippen molar-refractivity contribution < 1.29 is 44.7 Å². The first-order chi connectivity index (χ1) is 19.6. The van der Waals surface area contributed by atoms with Crippen LogP contribution in [0.15, 0.2) is 68.9 Å². The second kappa shape index (κ2) is 11.8. The summed E-state index contributed by atoms with van der Waals surface area (Å²) in [4.78, 5) is 25.2. The van der Waals surface area contributed by atoms with Crippen molar-refractivity contribution in [1.29, 1.82) is 0 Å². The number of nitrogens with zero attached hydrogens (tertiary/aromatic N) is 2. The lowest BCUT2D eigenvalue weighted by Gasteiger charge is -2.31. The minimum Gasteiger partial charge on any atom is -0.383 e. The summed E-state index contributed by atoms with van der Waals surface area (Å²) in [7, 11) is -3.17. The molecule has 42 heavy (non-hydrogen) atoms. The van der Waals surface area contributed by atoms with Crippen LogP contribution in [0.1, 0.15) is 17.3 Å². The minimum absolute atomic E-state index is 0.0657. The molecule has 1 atom stereocenters. The molecule has 2 N–H and O–H groups in total. The number of methoxy groups -OCH3 is 1. The lowest BCUT2D eigenvalue weighted by atomic mass is 10.1. The summed E-state index contributed by atoms with van der Waals surface area (Å²) in [6, 6.07) is 7.97. The number of carbonyl (C=O) groups is 2. The topological polar surface area (TPSA) is 121 Å². The predicted molar refractivity (Wildman–Crippen MR) is 145 cm³/mol. The summed E-state index contributed by atoms with van der Waals surface area (Å²) in [6.45, 7) is 1.02. The third-order valence-electron chi connectivity index (χ3n) is 6.00. The Morgan fingerprint density at radius 3 is 2.33 bits per heavy atom. The summed E-state index contributed by atoms with van der Waals surface area (Å²) in [6.07, 6.45) is -5.27. The molecule has 0 aliphatic rings. The third-order valence-corrected chi connectivity index (χ3v) is 8.22. The van der Waals surface area contributed by atoms with E-state index >= 15 is 0 Å². The van der Waals surface area contributed by atoms with Gasteiger partial charge in [0.05, 0.1) is 39.2 Å². The Bertz CT molecular complexity index is 1780. The van der Waals surface area contributed by atoms with Gasteiger partial charge in [0.15, 0.2) is 5.82 Å². The van der Waals surface area contributed by atoms with E-state index in [0.717, 1.165) is 18.2 Å². The highest BCUT2D eigenvalue weighted by Gasteiger charge is 2.45. The molecule has 4 rings (SSSR count). The number of hydrogen-bond acceptors (Lipinski definition) is 6. The number of benzene rings is 3. The number of halogens is 6. The second-order valence-corrected chi connectivity index (χ2v) is 11.8. The molecular weight excluding hydrogens is 655 g/mol. The van der Waals surface area contributed by atoms with Crippen LogP contribution in [0.4, 0.5) is 33.5 Å². The van der Waals surface area contributed by atoms with E-state index in [4.69, 9.17) is 4.74 Å². The van der Waals surface area contributed by atoms with Crippen LogP contribution in [0, 0.1) is 11.6 Å². The van der Waals surface area contributed by atoms with Crippen LogP contribution in [0.2, 0.25) is 0 Å². The van der Waals surface area contributed by atoms with Crippen molar-refractivity contribution in [2.45, 2.75) is 28.9 Å². The van der Waals surface area contributed by atoms with E-state index in [9.17, 15) is 40.0 Å². The van der Waals surface area contributed by atoms with E-state index in [1.807, 2.05) is 0 Å². The van der Waals surface area contributed by atoms with Crippen molar-refractivity contribution in [3.8, 4) is 0 Å². The highest BCUT2D eigenvalue weighted by molar-refractivity contribution is 9.10. The molecule has 0 saturated carbocycles. The average molecular weight is 675 g/mol. The van der Waals surface area contributed by atoms with Crippen LogP contribution < -0.4 is 10.2 Å². The Balaban J connectivity index is 1.76. The van der Waals surface area contributed by atoms with E-state index in [-0.39, 0.29) is 43.9 Å². The molecule has 0 fully saturated rings. The molecule has 0 saturated heterocycles. The number of H-pyrrole nitrogens is 1. The highest BCUT2D eigenvalue weighted by Crippen LogP contribution is 2.33. The molecule has 16 heteroatoms. The lowest BCUT2D eigenvalue weighted by Crippen LogP contribution is -2.48. The molecular formula is C26H20BrF5N4O5S. The van der Waals surface area contributed by atoms with Gasteiger partial charge in [0.25, 0.3) is 5.91 Å². The summed E-state index contributed by atoms with van der Waals surface area (Å²) < 4.78 is 99.4. The molecule has 0 radical (unpaired) electrons. The van der Waals surface area contributed by atoms with Gasteiger partial charge in [-0.1, -0.05) is 15.9 Å². The average Bonchev–Trinajstić information content (AvgIpc) is 3.29. The van der Waals surface area contributed by atoms with Gasteiger partial charge in [-0.15, -0.1) is 0 Å². The number of amides is 2. The Morgan fingerprint density at radius 1 is 1.05 bits per heavy atom. The molecule has 9 nitrogen and oxygen atoms in total. The van der Waals surface area contributed by atoms with Crippen LogP contribution in [-0.2, 0) is 19.4 Å². The minimum atomic E-state index is -5.27. The quantitative estimate of drug-likeness (QED) is 0.234. The number of nitrogens with one attached hydrogen (secondary N) is 2. The van der Waals surface area contributed by atoms with Gasteiger partial charge < -0.3 is 10.1 Å². The van der Waals surface area contributed by atoms with Gasteiger partial charge in [0.1, 0.15) is 11.6 Å². The first-order valence-corrected chi connectivity index (χ1v) is 14.1. The molecule has 1 aromatic heterocycles. The van der Waals surface area contributed by atoms with Gasteiger partial charge in [-0.2, -0.15) is 18.3 Å². The Morgan fingerprint density at radius 2 is 1.71 bits per heavy atom. The van der Waals surface area contributed by atoms with E-state index in [2.05, 4.69) is 31.4 Å². The molecule has 0 bridgehead atoms. The largest absolute Gasteiger partial charge is 0.471 e. The number of aromatic amines is 1. The Labute approximate surface area is 243 Å². The molecule has 0 aliphatic carbocycles. The Hall–Kier alpha value is -3.89. The zero-order chi connectivity index (χ0) is 31.0. The van der Waals surface area contributed by atoms with Gasteiger partial charge >= 0.3 is 12.1 Å². The van der Waals surface area contributed by atoms with Gasteiger partial charge in [-0.05, 0) is 55.5 Å². The molecule has 0 aliphatic heterocycles. The lowest BCUT2D eigenvalue weighted by molar-refractivity contribution is -0.171. The van der Waals surface area contributed by atoms with E-state index in [1.165, 1.54) is 32.2 Å². The molecule has 2 amide bonds. The maximum Gasteiger partial charge on any atom is 0.471 e. The van der Waals surface area contributed by atoms with E-state index in [1.54, 1.807) is 0 Å². The SMILES string of the molecule is COC[C@@H](C)N(C(=O)C(F)(F)F)c1cc(Br)ccc1C(=O)Nc1n[nH]c2ccc(S(=O)(=O)c3cc(F)cc(F)c3)cc12. The Kier molecular flexibility index (Phi) is 8.71. The maximum atomic E-state index is 13.7. The van der Waals surface area contributed by atoms with Crippen LogP contribution in [0.3, 0.4) is 0 Å². The molecule has 3 aromatic carbocycles. The summed E-state index contributed by atoms with van der Waals surface area (Å²) in [5.74, 6) is -5.61. The fourth-order valence-electron chi connectivity index (χ4n) is 4.15. The van der Waals surface area contributed by atoms with Crippen LogP contribution in [-0.4, -0.2) is 56.4 Å². The van der Waals surface area contributed by atoms with E-state index in [0.29, 0.717) is 23.1 Å². The molecule has 1 heterocycles. The maximum absolute atomic E-state index is 13.7. The van der Waals surface area contributed by atoms with Gasteiger partial charge in [-0.3, -0.25) is 19.6 Å². The number of sulfone groups is 1. The fraction of sp³-hybridized carbons (Fsp3) is 0.192. The van der Waals surface area contributed by atoms with Gasteiger partial charge in [0.2, 0.25) is 9.84 Å². The van der Waals surface area contributed by atoms with Crippen molar-refractivity contribution in [3.05, 3.63) is 76.3 Å². The number of fused-ring (bicyclic) bond motifs is 1. The molecule has 0 spiro atoms.